The van der Waals surface area contributed by atoms with Gasteiger partial charge in [0.05, 0.1) is 5.92 Å². The van der Waals surface area contributed by atoms with Crippen LogP contribution in [0.3, 0.4) is 0 Å². The molecule has 0 saturated carbocycles. The fourth-order valence-corrected chi connectivity index (χ4v) is 3.10. The number of aromatic nitrogens is 1. The first-order chi connectivity index (χ1) is 10.7. The lowest BCUT2D eigenvalue weighted by Crippen LogP contribution is -2.39. The molecule has 6 heteroatoms. The molecule has 0 aliphatic carbocycles. The van der Waals surface area contributed by atoms with Gasteiger partial charge in [-0.1, -0.05) is 0 Å². The van der Waals surface area contributed by atoms with Crippen LogP contribution in [0.15, 0.2) is 18.3 Å². The third-order valence-corrected chi connectivity index (χ3v) is 4.47. The summed E-state index contributed by atoms with van der Waals surface area (Å²) in [6, 6.07) is 3.77. The number of carbonyl (C=O) groups excluding carboxylic acids is 3. The van der Waals surface area contributed by atoms with Gasteiger partial charge < -0.3 is 9.69 Å². The van der Waals surface area contributed by atoms with Gasteiger partial charge >= 0.3 is 0 Å². The molecule has 1 aromatic heterocycles. The number of hydrogen-bond acceptors (Lipinski definition) is 5. The minimum Gasteiger partial charge on any atom is -0.357 e. The van der Waals surface area contributed by atoms with Gasteiger partial charge in [0.1, 0.15) is 12.1 Å². The molecule has 1 N–H and O–H groups in total. The predicted molar refractivity (Wildman–Crippen MR) is 80.4 cm³/mol. The van der Waals surface area contributed by atoms with E-state index >= 15 is 0 Å². The highest BCUT2D eigenvalue weighted by Crippen LogP contribution is 2.28. The fraction of sp³-hybridized carbons (Fsp3) is 0.500. The number of nitrogens with one attached hydrogen (secondary N) is 1. The predicted octanol–water partition coefficient (Wildman–Crippen LogP) is 1.02. The molecule has 0 radical (unpaired) electrons. The van der Waals surface area contributed by atoms with Gasteiger partial charge in [0.2, 0.25) is 11.8 Å². The number of amides is 2. The lowest BCUT2D eigenvalue weighted by molar-refractivity contribution is -0.134. The van der Waals surface area contributed by atoms with Gasteiger partial charge in [0.25, 0.3) is 0 Å². The van der Waals surface area contributed by atoms with Gasteiger partial charge in [0, 0.05) is 31.6 Å². The van der Waals surface area contributed by atoms with E-state index in [1.807, 2.05) is 12.1 Å². The molecule has 1 aromatic rings. The number of imide groups is 1. The number of pyridine rings is 1. The van der Waals surface area contributed by atoms with Crippen molar-refractivity contribution in [3.63, 3.8) is 0 Å². The summed E-state index contributed by atoms with van der Waals surface area (Å²) in [5.41, 5.74) is 0.896. The highest BCUT2D eigenvalue weighted by molar-refractivity contribution is 6.00. The summed E-state index contributed by atoms with van der Waals surface area (Å²) in [4.78, 5) is 40.6. The van der Waals surface area contributed by atoms with Crippen LogP contribution in [0.25, 0.3) is 0 Å². The molecule has 3 heterocycles. The third kappa shape index (κ3) is 3.00. The molecule has 22 heavy (non-hydrogen) atoms. The number of carbonyl (C=O) groups is 3. The first-order valence-electron chi connectivity index (χ1n) is 7.67. The van der Waals surface area contributed by atoms with Crippen LogP contribution in [0.2, 0.25) is 0 Å². The second-order valence-electron chi connectivity index (χ2n) is 5.91. The Kier molecular flexibility index (Phi) is 4.18. The summed E-state index contributed by atoms with van der Waals surface area (Å²) >= 11 is 0. The van der Waals surface area contributed by atoms with Crippen molar-refractivity contribution in [2.75, 3.05) is 18.0 Å². The number of aldehydes is 1. The van der Waals surface area contributed by atoms with Crippen LogP contribution in [0.5, 0.6) is 0 Å². The molecular formula is C16H19N3O3. The summed E-state index contributed by atoms with van der Waals surface area (Å²) in [6.45, 7) is 1.60. The van der Waals surface area contributed by atoms with E-state index in [0.29, 0.717) is 12.8 Å². The van der Waals surface area contributed by atoms with E-state index in [-0.39, 0.29) is 23.7 Å². The van der Waals surface area contributed by atoms with Crippen molar-refractivity contribution in [3.05, 3.63) is 23.9 Å². The van der Waals surface area contributed by atoms with Crippen LogP contribution >= 0.6 is 0 Å². The number of nitrogens with zero attached hydrogens (tertiary/aromatic N) is 2. The normalized spacial score (nSPS) is 23.3. The largest absolute Gasteiger partial charge is 0.357 e. The topological polar surface area (TPSA) is 79.4 Å². The Morgan fingerprint density at radius 1 is 1.23 bits per heavy atom. The Morgan fingerprint density at radius 3 is 2.68 bits per heavy atom. The fourth-order valence-electron chi connectivity index (χ4n) is 3.10. The maximum Gasteiger partial charge on any atom is 0.234 e. The smallest absolute Gasteiger partial charge is 0.234 e. The first-order valence-corrected chi connectivity index (χ1v) is 7.67. The van der Waals surface area contributed by atoms with E-state index in [1.54, 1.807) is 6.20 Å². The first kappa shape index (κ1) is 14.7. The summed E-state index contributed by atoms with van der Waals surface area (Å²) in [7, 11) is 0. The molecule has 0 bridgehead atoms. The van der Waals surface area contributed by atoms with Gasteiger partial charge in [-0.05, 0) is 37.0 Å². The quantitative estimate of drug-likeness (QED) is 0.666. The summed E-state index contributed by atoms with van der Waals surface area (Å²) in [6.07, 6.45) is 5.34. The highest BCUT2D eigenvalue weighted by Gasteiger charge is 2.28. The summed E-state index contributed by atoms with van der Waals surface area (Å²) in [5.74, 6) is 0.271. The van der Waals surface area contributed by atoms with E-state index in [1.165, 1.54) is 0 Å². The van der Waals surface area contributed by atoms with Crippen molar-refractivity contribution in [1.82, 2.24) is 10.3 Å². The molecule has 3 rings (SSSR count). The van der Waals surface area contributed by atoms with Crippen molar-refractivity contribution in [3.8, 4) is 0 Å². The summed E-state index contributed by atoms with van der Waals surface area (Å²) < 4.78 is 0. The monoisotopic (exact) mass is 301 g/mol. The van der Waals surface area contributed by atoms with E-state index in [0.717, 1.165) is 43.6 Å². The molecule has 2 fully saturated rings. The molecule has 1 unspecified atom stereocenters. The molecule has 116 valence electrons. The van der Waals surface area contributed by atoms with Crippen LogP contribution in [0.1, 0.15) is 37.2 Å². The highest BCUT2D eigenvalue weighted by atomic mass is 16.2. The maximum atomic E-state index is 12.0. The zero-order valence-corrected chi connectivity index (χ0v) is 12.3. The molecule has 2 aliphatic rings. The standard InChI is InChI=1S/C16H19N3O3/c20-10-11-4-7-19(8-5-11)14-9-12(3-6-17-14)13-1-2-15(21)18-16(13)22/h3,6,9-11,13H,1-2,4-5,7-8H2,(H,18,21,22). The second-order valence-corrected chi connectivity index (χ2v) is 5.91. The lowest BCUT2D eigenvalue weighted by Gasteiger charge is -2.31. The van der Waals surface area contributed by atoms with E-state index < -0.39 is 0 Å². The molecule has 2 saturated heterocycles. The van der Waals surface area contributed by atoms with Gasteiger partial charge in [0.15, 0.2) is 0 Å². The van der Waals surface area contributed by atoms with Crippen LogP contribution in [-0.2, 0) is 14.4 Å². The average Bonchev–Trinajstić information content (AvgIpc) is 2.55. The number of rotatable bonds is 3. The van der Waals surface area contributed by atoms with E-state index in [9.17, 15) is 14.4 Å². The molecule has 1 atom stereocenters. The van der Waals surface area contributed by atoms with Gasteiger partial charge in [-0.25, -0.2) is 4.98 Å². The molecule has 0 aromatic carbocycles. The Labute approximate surface area is 128 Å². The van der Waals surface area contributed by atoms with E-state index in [4.69, 9.17) is 0 Å². The average molecular weight is 301 g/mol. The van der Waals surface area contributed by atoms with E-state index in [2.05, 4.69) is 15.2 Å². The van der Waals surface area contributed by atoms with Crippen LogP contribution < -0.4 is 10.2 Å². The second kappa shape index (κ2) is 6.25. The molecular weight excluding hydrogens is 282 g/mol. The van der Waals surface area contributed by atoms with Gasteiger partial charge in [-0.2, -0.15) is 0 Å². The van der Waals surface area contributed by atoms with Gasteiger partial charge in [-0.3, -0.25) is 14.9 Å². The Bertz CT molecular complexity index is 594. The Hall–Kier alpha value is -2.24. The molecule has 6 nitrogen and oxygen atoms in total. The van der Waals surface area contributed by atoms with Crippen LogP contribution in [0, 0.1) is 5.92 Å². The molecule has 2 aliphatic heterocycles. The van der Waals surface area contributed by atoms with Crippen LogP contribution in [-0.4, -0.2) is 36.2 Å². The van der Waals surface area contributed by atoms with Crippen molar-refractivity contribution >= 4 is 23.9 Å². The third-order valence-electron chi connectivity index (χ3n) is 4.47. The summed E-state index contributed by atoms with van der Waals surface area (Å²) in [5, 5.41) is 2.39. The van der Waals surface area contributed by atoms with Crippen LogP contribution in [0.4, 0.5) is 5.82 Å². The van der Waals surface area contributed by atoms with Crippen molar-refractivity contribution in [1.29, 1.82) is 0 Å². The van der Waals surface area contributed by atoms with Crippen molar-refractivity contribution in [2.45, 2.75) is 31.6 Å². The minimum atomic E-state index is -0.285. The SMILES string of the molecule is O=CC1CCN(c2cc(C3CCC(=O)NC3=O)ccn2)CC1. The number of anilines is 1. The minimum absolute atomic E-state index is 0.148. The number of hydrogen-bond donors (Lipinski definition) is 1. The van der Waals surface area contributed by atoms with Crippen molar-refractivity contribution < 1.29 is 14.4 Å². The zero-order valence-electron chi connectivity index (χ0n) is 12.3. The Balaban J connectivity index is 1.74. The number of piperidine rings is 2. The molecule has 2 amide bonds. The van der Waals surface area contributed by atoms with Crippen molar-refractivity contribution in [2.24, 2.45) is 5.92 Å². The lowest BCUT2D eigenvalue weighted by atomic mass is 9.91. The van der Waals surface area contributed by atoms with Gasteiger partial charge in [-0.15, -0.1) is 0 Å². The zero-order chi connectivity index (χ0) is 15.5. The maximum absolute atomic E-state index is 12.0. The Morgan fingerprint density at radius 2 is 2.00 bits per heavy atom. The molecule has 0 spiro atoms.